The molecule has 41 heavy (non-hydrogen) atoms. The second-order valence-electron chi connectivity index (χ2n) is 11.0. The average Bonchev–Trinajstić information content (AvgIpc) is 3.01. The maximum atomic E-state index is 13.5. The van der Waals surface area contributed by atoms with Crippen molar-refractivity contribution in [3.63, 3.8) is 0 Å². The van der Waals surface area contributed by atoms with Gasteiger partial charge in [0.25, 0.3) is 0 Å². The van der Waals surface area contributed by atoms with Crippen molar-refractivity contribution < 1.29 is 19.4 Å². The van der Waals surface area contributed by atoms with E-state index in [-0.39, 0.29) is 12.5 Å². The van der Waals surface area contributed by atoms with Crippen LogP contribution in [0, 0.1) is 5.92 Å². The number of nitrogens with zero attached hydrogens (tertiary/aromatic N) is 1. The third-order valence-corrected chi connectivity index (χ3v) is 8.35. The summed E-state index contributed by atoms with van der Waals surface area (Å²) in [5.74, 6) is 0.795. The number of carbonyl (C=O) groups excluding carboxylic acids is 1. The van der Waals surface area contributed by atoms with E-state index in [0.29, 0.717) is 30.7 Å². The van der Waals surface area contributed by atoms with Gasteiger partial charge in [0.2, 0.25) is 0 Å². The largest absolute Gasteiger partial charge is 0.490 e. The van der Waals surface area contributed by atoms with Gasteiger partial charge in [-0.05, 0) is 78.0 Å². The van der Waals surface area contributed by atoms with E-state index in [1.807, 2.05) is 72.8 Å². The van der Waals surface area contributed by atoms with Crippen LogP contribution in [0.1, 0.15) is 43.6 Å². The molecule has 0 atom stereocenters. The van der Waals surface area contributed by atoms with Crippen LogP contribution in [0.4, 0.5) is 16.2 Å². The molecule has 6 heteroatoms. The number of carbonyl (C=O) groups is 2. The molecule has 6 rings (SSSR count). The molecule has 2 N–H and O–H groups in total. The Morgan fingerprint density at radius 1 is 0.805 bits per heavy atom. The number of nitrogens with one attached hydrogen (secondary N) is 1. The lowest BCUT2D eigenvalue weighted by Gasteiger charge is -2.30. The Bertz CT molecular complexity index is 1530. The number of ether oxygens (including phenoxy) is 1. The highest BCUT2D eigenvalue weighted by Gasteiger charge is 2.26. The average molecular weight is 547 g/mol. The first kappa shape index (κ1) is 26.6. The predicted octanol–water partition coefficient (Wildman–Crippen LogP) is 8.20. The van der Waals surface area contributed by atoms with Crippen LogP contribution in [-0.2, 0) is 4.79 Å². The molecule has 4 aromatic carbocycles. The van der Waals surface area contributed by atoms with Crippen molar-refractivity contribution in [2.24, 2.45) is 5.92 Å². The van der Waals surface area contributed by atoms with Gasteiger partial charge in [0.15, 0.2) is 0 Å². The van der Waals surface area contributed by atoms with Gasteiger partial charge >= 0.3 is 12.0 Å². The van der Waals surface area contributed by atoms with E-state index in [0.717, 1.165) is 59.3 Å². The first-order chi connectivity index (χ1) is 20.0. The molecule has 6 nitrogen and oxygen atoms in total. The van der Waals surface area contributed by atoms with Crippen molar-refractivity contribution in [2.75, 3.05) is 23.4 Å². The third kappa shape index (κ3) is 5.97. The number of fused-ring (bicyclic) bond motifs is 1. The summed E-state index contributed by atoms with van der Waals surface area (Å²) < 4.78 is 6.00. The molecule has 0 saturated heterocycles. The van der Waals surface area contributed by atoms with E-state index in [1.54, 1.807) is 4.90 Å². The quantitative estimate of drug-likeness (QED) is 0.255. The number of para-hydroxylation sites is 1. The molecule has 2 aliphatic rings. The molecule has 1 saturated carbocycles. The van der Waals surface area contributed by atoms with Crippen molar-refractivity contribution in [1.82, 2.24) is 0 Å². The van der Waals surface area contributed by atoms with E-state index >= 15 is 0 Å². The second kappa shape index (κ2) is 11.9. The van der Waals surface area contributed by atoms with Crippen LogP contribution < -0.4 is 15.0 Å². The van der Waals surface area contributed by atoms with Crippen molar-refractivity contribution >= 4 is 23.4 Å². The standard InChI is InChI=1S/C35H34N2O4/c38-34(39)22-24-10-12-25(13-11-24)26-14-16-27(17-15-26)29-18-19-32-33(23-29)41-21-20-37(32)35(40)36-31-9-5-4-8-30(31)28-6-2-1-3-7-28/h1-9,14-19,23-25H,10-13,20-22H2,(H,36,40)(H,38,39)/t24-,25-. The summed E-state index contributed by atoms with van der Waals surface area (Å²) in [6, 6.07) is 32.4. The van der Waals surface area contributed by atoms with E-state index in [4.69, 9.17) is 9.84 Å². The topological polar surface area (TPSA) is 78.9 Å². The van der Waals surface area contributed by atoms with Crippen LogP contribution in [0.5, 0.6) is 5.75 Å². The van der Waals surface area contributed by atoms with Gasteiger partial charge in [0.1, 0.15) is 12.4 Å². The van der Waals surface area contributed by atoms with Crippen LogP contribution >= 0.6 is 0 Å². The lowest BCUT2D eigenvalue weighted by molar-refractivity contribution is -0.138. The van der Waals surface area contributed by atoms with Gasteiger partial charge in [-0.2, -0.15) is 0 Å². The summed E-state index contributed by atoms with van der Waals surface area (Å²) in [5.41, 5.74) is 6.99. The fourth-order valence-corrected chi connectivity index (χ4v) is 6.15. The van der Waals surface area contributed by atoms with E-state index < -0.39 is 5.97 Å². The van der Waals surface area contributed by atoms with Gasteiger partial charge in [-0.25, -0.2) is 4.79 Å². The monoisotopic (exact) mass is 546 g/mol. The Balaban J connectivity index is 1.15. The van der Waals surface area contributed by atoms with Crippen molar-refractivity contribution in [2.45, 2.75) is 38.0 Å². The van der Waals surface area contributed by atoms with Crippen LogP contribution in [-0.4, -0.2) is 30.3 Å². The Hall–Kier alpha value is -4.58. The number of amides is 2. The summed E-state index contributed by atoms with van der Waals surface area (Å²) in [5, 5.41) is 12.2. The second-order valence-corrected chi connectivity index (χ2v) is 11.0. The number of carboxylic acid groups (broad SMARTS) is 1. The number of hydrogen-bond donors (Lipinski definition) is 2. The Kier molecular flexibility index (Phi) is 7.72. The molecule has 2 amide bonds. The highest BCUT2D eigenvalue weighted by Crippen LogP contribution is 2.39. The number of aliphatic carboxylic acids is 1. The zero-order valence-corrected chi connectivity index (χ0v) is 23.0. The Morgan fingerprint density at radius 3 is 2.27 bits per heavy atom. The maximum absolute atomic E-state index is 13.5. The SMILES string of the molecule is O=C(O)C[C@H]1CC[C@H](c2ccc(-c3ccc4c(c3)OCCN4C(=O)Nc3ccccc3-c3ccccc3)cc2)CC1. The van der Waals surface area contributed by atoms with E-state index in [9.17, 15) is 9.59 Å². The zero-order chi connectivity index (χ0) is 28.2. The molecular weight excluding hydrogens is 512 g/mol. The number of anilines is 2. The summed E-state index contributed by atoms with van der Waals surface area (Å²) in [6.45, 7) is 0.892. The fraction of sp³-hybridized carbons (Fsp3) is 0.257. The first-order valence-electron chi connectivity index (χ1n) is 14.4. The van der Waals surface area contributed by atoms with Gasteiger partial charge in [-0.3, -0.25) is 9.69 Å². The normalized spacial score (nSPS) is 18.2. The lowest BCUT2D eigenvalue weighted by atomic mass is 9.77. The maximum Gasteiger partial charge on any atom is 0.326 e. The summed E-state index contributed by atoms with van der Waals surface area (Å²) >= 11 is 0. The van der Waals surface area contributed by atoms with Gasteiger partial charge in [-0.1, -0.05) is 78.9 Å². The molecule has 1 aliphatic heterocycles. The molecule has 208 valence electrons. The molecule has 1 aliphatic carbocycles. The molecular formula is C35H34N2O4. The van der Waals surface area contributed by atoms with Crippen molar-refractivity contribution in [3.8, 4) is 28.0 Å². The Labute approximate surface area is 240 Å². The minimum atomic E-state index is -0.691. The summed E-state index contributed by atoms with van der Waals surface area (Å²) in [4.78, 5) is 26.2. The van der Waals surface area contributed by atoms with Gasteiger partial charge in [0.05, 0.1) is 17.9 Å². The molecule has 1 heterocycles. The van der Waals surface area contributed by atoms with Gasteiger partial charge in [0, 0.05) is 12.0 Å². The van der Waals surface area contributed by atoms with E-state index in [2.05, 4.69) is 29.6 Å². The number of urea groups is 1. The highest BCUT2D eigenvalue weighted by molar-refractivity contribution is 6.05. The van der Waals surface area contributed by atoms with Crippen molar-refractivity contribution in [3.05, 3.63) is 103 Å². The molecule has 0 radical (unpaired) electrons. The molecule has 0 spiro atoms. The van der Waals surface area contributed by atoms with Crippen LogP contribution in [0.2, 0.25) is 0 Å². The molecule has 4 aromatic rings. The predicted molar refractivity (Wildman–Crippen MR) is 163 cm³/mol. The smallest absolute Gasteiger partial charge is 0.326 e. The van der Waals surface area contributed by atoms with Gasteiger partial charge < -0.3 is 15.2 Å². The minimum Gasteiger partial charge on any atom is -0.490 e. The summed E-state index contributed by atoms with van der Waals surface area (Å²) in [6.07, 6.45) is 4.31. The lowest BCUT2D eigenvalue weighted by Crippen LogP contribution is -2.40. The molecule has 0 aromatic heterocycles. The van der Waals surface area contributed by atoms with Crippen molar-refractivity contribution in [1.29, 1.82) is 0 Å². The third-order valence-electron chi connectivity index (χ3n) is 8.35. The van der Waals surface area contributed by atoms with Crippen LogP contribution in [0.15, 0.2) is 97.1 Å². The summed E-state index contributed by atoms with van der Waals surface area (Å²) in [7, 11) is 0. The number of rotatable bonds is 6. The van der Waals surface area contributed by atoms with Gasteiger partial charge in [-0.15, -0.1) is 0 Å². The number of benzene rings is 4. The highest BCUT2D eigenvalue weighted by atomic mass is 16.5. The first-order valence-corrected chi connectivity index (χ1v) is 14.4. The zero-order valence-electron chi connectivity index (χ0n) is 23.0. The minimum absolute atomic E-state index is 0.187. The number of carboxylic acids is 1. The Morgan fingerprint density at radius 2 is 1.51 bits per heavy atom. The number of hydrogen-bond acceptors (Lipinski definition) is 3. The van der Waals surface area contributed by atoms with Crippen LogP contribution in [0.3, 0.4) is 0 Å². The molecule has 1 fully saturated rings. The fourth-order valence-electron chi connectivity index (χ4n) is 6.15. The molecule has 0 bridgehead atoms. The van der Waals surface area contributed by atoms with E-state index in [1.165, 1.54) is 5.56 Å². The van der Waals surface area contributed by atoms with Crippen LogP contribution in [0.25, 0.3) is 22.3 Å². The molecule has 0 unspecified atom stereocenters.